The fourth-order valence-corrected chi connectivity index (χ4v) is 7.41. The lowest BCUT2D eigenvalue weighted by atomic mass is 9.42. The van der Waals surface area contributed by atoms with Crippen LogP contribution in [0, 0.1) is 28.6 Å². The Bertz CT molecular complexity index is 1680. The molecule has 2 fully saturated rings. The summed E-state index contributed by atoms with van der Waals surface area (Å²) < 4.78 is 6.08. The third-order valence-corrected chi connectivity index (χ3v) is 9.19. The molecule has 8 N–H and O–H groups in total. The van der Waals surface area contributed by atoms with Gasteiger partial charge >= 0.3 is 0 Å². The molecule has 0 spiro atoms. The first-order chi connectivity index (χ1) is 20.3. The van der Waals surface area contributed by atoms with Crippen LogP contribution in [0.2, 0.25) is 0 Å². The minimum Gasteiger partial charge on any atom is -0.507 e. The first kappa shape index (κ1) is 31.2. The Morgan fingerprint density at radius 2 is 1.80 bits per heavy atom. The number of aromatic hydroxyl groups is 1. The summed E-state index contributed by atoms with van der Waals surface area (Å²) in [6, 6.07) is 6.58. The molecule has 1 heterocycles. The van der Waals surface area contributed by atoms with E-state index in [0.717, 1.165) is 0 Å². The predicted octanol–water partition coefficient (Wildman–Crippen LogP) is -0.0434. The Balaban J connectivity index is 1.68. The largest absolute Gasteiger partial charge is 0.507 e. The number of hydrogen-bond donors (Lipinski definition) is 5. The highest BCUT2D eigenvalue weighted by Gasteiger charge is 2.78. The number of benzene rings is 1. The maximum atomic E-state index is 14.4. The number of nitrogens with zero attached hydrogens (tertiary/aromatic N) is 2. The third-order valence-electron chi connectivity index (χ3n) is 9.19. The molecule has 1 amide bonds. The van der Waals surface area contributed by atoms with Crippen molar-refractivity contribution in [2.24, 2.45) is 34.5 Å². The van der Waals surface area contributed by atoms with E-state index in [2.05, 4.69) is 5.32 Å². The van der Waals surface area contributed by atoms with Crippen LogP contribution in [0.3, 0.4) is 0 Å². The number of amides is 1. The molecule has 13 nitrogen and oxygen atoms in total. The van der Waals surface area contributed by atoms with Crippen LogP contribution in [-0.4, -0.2) is 75.8 Å². The Morgan fingerprint density at radius 3 is 2.36 bits per heavy atom. The highest BCUT2D eigenvalue weighted by atomic mass is 16.3. The number of ketones is 4. The van der Waals surface area contributed by atoms with Crippen molar-refractivity contribution in [3.05, 3.63) is 41.2 Å². The Hall–Kier alpha value is -4.22. The molecule has 0 radical (unpaired) electrons. The Morgan fingerprint density at radius 1 is 1.14 bits per heavy atom. The topological polar surface area (TPSA) is 236 Å². The van der Waals surface area contributed by atoms with Gasteiger partial charge in [0.25, 0.3) is 0 Å². The van der Waals surface area contributed by atoms with Gasteiger partial charge in [0.05, 0.1) is 29.8 Å². The summed E-state index contributed by atoms with van der Waals surface area (Å²) in [7, 11) is 2.90. The van der Waals surface area contributed by atoms with E-state index >= 15 is 0 Å². The van der Waals surface area contributed by atoms with Gasteiger partial charge in [0.15, 0.2) is 34.5 Å². The van der Waals surface area contributed by atoms with Crippen LogP contribution in [0.4, 0.5) is 0 Å². The zero-order chi connectivity index (χ0) is 32.7. The van der Waals surface area contributed by atoms with E-state index in [-0.39, 0.29) is 17.5 Å². The number of nitrogens with two attached hydrogens (primary N) is 3. The molecule has 44 heavy (non-hydrogen) atoms. The van der Waals surface area contributed by atoms with Crippen LogP contribution in [-0.2, 0) is 32.1 Å². The summed E-state index contributed by atoms with van der Waals surface area (Å²) in [6.45, 7) is 6.45. The maximum absolute atomic E-state index is 14.4. The predicted molar refractivity (Wildman–Crippen MR) is 156 cm³/mol. The number of carbonyl (C=O) groups excluding carboxylic acids is 5. The number of nitrogens with one attached hydrogen (secondary N) is 1. The zero-order valence-electron chi connectivity index (χ0n) is 25.2. The molecule has 2 unspecified atom stereocenters. The number of phenols is 1. The van der Waals surface area contributed by atoms with E-state index in [9.17, 15) is 34.3 Å². The third kappa shape index (κ3) is 4.16. The van der Waals surface area contributed by atoms with E-state index in [4.69, 9.17) is 21.6 Å². The summed E-state index contributed by atoms with van der Waals surface area (Å²) in [5.74, 6) is -9.12. The van der Waals surface area contributed by atoms with Gasteiger partial charge in [-0.05, 0) is 77.5 Å². The van der Waals surface area contributed by atoms with Gasteiger partial charge in [-0.1, -0.05) is 0 Å². The number of fused-ring (bicyclic) bond motifs is 3. The van der Waals surface area contributed by atoms with Gasteiger partial charge in [0, 0.05) is 16.6 Å². The number of rotatable bonds is 5. The highest BCUT2D eigenvalue weighted by Crippen LogP contribution is 2.57. The first-order valence-corrected chi connectivity index (χ1v) is 14.1. The summed E-state index contributed by atoms with van der Waals surface area (Å²) >= 11 is 0. The summed E-state index contributed by atoms with van der Waals surface area (Å²) in [4.78, 5) is 69.7. The number of nitriles is 1. The van der Waals surface area contributed by atoms with Crippen LogP contribution < -0.4 is 22.5 Å². The second-order valence-corrected chi connectivity index (χ2v) is 13.5. The zero-order valence-corrected chi connectivity index (χ0v) is 25.2. The van der Waals surface area contributed by atoms with Gasteiger partial charge < -0.3 is 32.0 Å². The minimum atomic E-state index is -2.79. The van der Waals surface area contributed by atoms with Crippen molar-refractivity contribution >= 4 is 29.0 Å². The summed E-state index contributed by atoms with van der Waals surface area (Å²) in [5.41, 5.74) is 12.8. The lowest BCUT2D eigenvalue weighted by Crippen LogP contribution is -2.85. The second-order valence-electron chi connectivity index (χ2n) is 13.5. The molecular weight excluding hydrogens is 568 g/mol. The molecule has 5 rings (SSSR count). The van der Waals surface area contributed by atoms with Crippen molar-refractivity contribution in [2.45, 2.75) is 62.8 Å². The van der Waals surface area contributed by atoms with Crippen molar-refractivity contribution in [3.8, 4) is 23.1 Å². The lowest BCUT2D eigenvalue weighted by Gasteiger charge is -2.60. The van der Waals surface area contributed by atoms with E-state index in [1.165, 1.54) is 25.1 Å². The molecule has 2 aromatic rings. The standard InChI is InChI=1S/C31H36N6O7/c1-28(2,3)36-11-14-6-9-18(44-14)15-7-8-17(38)19-16(15)10-29(34)12-31(35)24(37(4)5)23(40)20(27(33)43)25(41)30(31,13-32)26(42)21(29)22(19)39/h6-9,20-21,24,36,38H,10-12,34-35H2,1-5H3,(H2,33,43)/t20?,21?,24-,29-,30+,31-/m1/s1. The Kier molecular flexibility index (Phi) is 7.02. The van der Waals surface area contributed by atoms with Gasteiger partial charge in [-0.2, -0.15) is 5.26 Å². The Labute approximate surface area is 253 Å². The lowest BCUT2D eigenvalue weighted by molar-refractivity contribution is -0.166. The fraction of sp³-hybridized carbons (Fsp3) is 0.484. The molecule has 13 heteroatoms. The second kappa shape index (κ2) is 9.90. The number of carbonyl (C=O) groups is 5. The summed E-state index contributed by atoms with van der Waals surface area (Å²) in [6.07, 6.45) is -0.679. The van der Waals surface area contributed by atoms with E-state index < -0.39 is 75.6 Å². The monoisotopic (exact) mass is 604 g/mol. The average molecular weight is 605 g/mol. The normalized spacial score (nSPS) is 31.8. The number of hydrogen-bond acceptors (Lipinski definition) is 12. The quantitative estimate of drug-likeness (QED) is 0.283. The summed E-state index contributed by atoms with van der Waals surface area (Å²) in [5, 5.41) is 24.7. The molecule has 1 aromatic heterocycles. The van der Waals surface area contributed by atoms with Crippen molar-refractivity contribution in [1.29, 1.82) is 5.26 Å². The SMILES string of the molecule is CN(C)[C@@H]1C(=O)C(C(N)=O)C(=O)[C@@]2(C#N)C(=O)C3C(=O)c4c(O)ccc(-c5ccc(CNC(C)(C)C)o5)c4C[C@@]3(N)C[C@@]12N. The van der Waals surface area contributed by atoms with Gasteiger partial charge in [0.1, 0.15) is 23.2 Å². The molecule has 232 valence electrons. The molecule has 3 aliphatic carbocycles. The van der Waals surface area contributed by atoms with Crippen molar-refractivity contribution in [2.75, 3.05) is 14.1 Å². The smallest absolute Gasteiger partial charge is 0.235 e. The van der Waals surface area contributed by atoms with Crippen LogP contribution >= 0.6 is 0 Å². The number of primary amides is 1. The fourth-order valence-electron chi connectivity index (χ4n) is 7.41. The number of likely N-dealkylation sites (N-methyl/N-ethyl adjacent to an activating group) is 1. The molecular formula is C31H36N6O7. The maximum Gasteiger partial charge on any atom is 0.235 e. The van der Waals surface area contributed by atoms with Crippen LogP contribution in [0.25, 0.3) is 11.3 Å². The van der Waals surface area contributed by atoms with Crippen molar-refractivity contribution in [3.63, 3.8) is 0 Å². The van der Waals surface area contributed by atoms with E-state index in [1.54, 1.807) is 24.3 Å². The van der Waals surface area contributed by atoms with Gasteiger partial charge in [-0.3, -0.25) is 28.9 Å². The molecule has 0 saturated heterocycles. The molecule has 0 aliphatic heterocycles. The van der Waals surface area contributed by atoms with E-state index in [0.29, 0.717) is 29.2 Å². The average Bonchev–Trinajstić information content (AvgIpc) is 3.35. The van der Waals surface area contributed by atoms with Crippen LogP contribution in [0.1, 0.15) is 48.9 Å². The van der Waals surface area contributed by atoms with Gasteiger partial charge in [-0.15, -0.1) is 0 Å². The first-order valence-electron chi connectivity index (χ1n) is 14.1. The minimum absolute atomic E-state index is 0.174. The molecule has 0 bridgehead atoms. The van der Waals surface area contributed by atoms with Gasteiger partial charge in [0.2, 0.25) is 5.91 Å². The molecule has 6 atom stereocenters. The van der Waals surface area contributed by atoms with Gasteiger partial charge in [-0.25, -0.2) is 0 Å². The molecule has 1 aromatic carbocycles. The van der Waals surface area contributed by atoms with E-state index in [1.807, 2.05) is 20.8 Å². The number of furan rings is 1. The number of Topliss-reactive ketones (excluding diaryl/α,β-unsaturated/α-hetero) is 4. The molecule has 2 saturated carbocycles. The van der Waals surface area contributed by atoms with Crippen molar-refractivity contribution < 1.29 is 33.5 Å². The number of phenolic OH excluding ortho intramolecular Hbond substituents is 1. The van der Waals surface area contributed by atoms with Crippen molar-refractivity contribution in [1.82, 2.24) is 10.2 Å². The van der Waals surface area contributed by atoms with Crippen LogP contribution in [0.5, 0.6) is 5.75 Å². The molecule has 3 aliphatic rings. The highest BCUT2D eigenvalue weighted by molar-refractivity contribution is 6.33. The van der Waals surface area contributed by atoms with Crippen LogP contribution in [0.15, 0.2) is 28.7 Å².